The average Bonchev–Trinajstić information content (AvgIpc) is 2.20. The van der Waals surface area contributed by atoms with E-state index in [1.54, 1.807) is 12.3 Å². The molecule has 16 heavy (non-hydrogen) atoms. The number of pyridine rings is 1. The number of nitrogens with one attached hydrogen (secondary N) is 1. The number of aromatic carboxylic acids is 1. The number of anilines is 1. The first-order chi connectivity index (χ1) is 7.54. The van der Waals surface area contributed by atoms with Crippen LogP contribution >= 0.6 is 15.9 Å². The molecule has 0 aliphatic rings. The Balaban J connectivity index is 2.94. The summed E-state index contributed by atoms with van der Waals surface area (Å²) >= 11 is 3.19. The van der Waals surface area contributed by atoms with E-state index in [0.717, 1.165) is 6.42 Å². The molecule has 2 N–H and O–H groups in total. The maximum atomic E-state index is 11.0. The quantitative estimate of drug-likeness (QED) is 0.816. The standard InChI is InChI=1S/C11H13BrN2O2/c1-3-4-7(2)14-10-9(11(15)16)5-8(12)6-13-10/h3,5-7H,1,4H2,2H3,(H,13,14)(H,15,16). The summed E-state index contributed by atoms with van der Waals surface area (Å²) in [4.78, 5) is 15.0. The highest BCUT2D eigenvalue weighted by Gasteiger charge is 2.13. The van der Waals surface area contributed by atoms with Gasteiger partial charge in [-0.3, -0.25) is 0 Å². The van der Waals surface area contributed by atoms with Crippen molar-refractivity contribution < 1.29 is 9.90 Å². The van der Waals surface area contributed by atoms with Crippen LogP contribution in [0.15, 0.2) is 29.4 Å². The zero-order valence-electron chi connectivity index (χ0n) is 8.90. The van der Waals surface area contributed by atoms with Crippen LogP contribution in [0.1, 0.15) is 23.7 Å². The molecule has 5 heteroatoms. The smallest absolute Gasteiger partial charge is 0.339 e. The van der Waals surface area contributed by atoms with Gasteiger partial charge in [0.1, 0.15) is 11.4 Å². The Kier molecular flexibility index (Phi) is 4.49. The number of hydrogen-bond donors (Lipinski definition) is 2. The highest BCUT2D eigenvalue weighted by Crippen LogP contribution is 2.19. The fraction of sp³-hybridized carbons (Fsp3) is 0.273. The molecule has 1 unspecified atom stereocenters. The van der Waals surface area contributed by atoms with Crippen LogP contribution in [0, 0.1) is 0 Å². The lowest BCUT2D eigenvalue weighted by atomic mass is 10.2. The Morgan fingerprint density at radius 1 is 1.81 bits per heavy atom. The molecule has 1 aromatic rings. The van der Waals surface area contributed by atoms with Crippen molar-refractivity contribution in [3.05, 3.63) is 35.0 Å². The molecule has 0 amide bonds. The monoisotopic (exact) mass is 284 g/mol. The molecule has 0 spiro atoms. The minimum atomic E-state index is -0.998. The van der Waals surface area contributed by atoms with Gasteiger partial charge in [-0.15, -0.1) is 6.58 Å². The number of halogens is 1. The van der Waals surface area contributed by atoms with Crippen LogP contribution < -0.4 is 5.32 Å². The van der Waals surface area contributed by atoms with E-state index in [1.807, 2.05) is 6.92 Å². The minimum Gasteiger partial charge on any atom is -0.478 e. The summed E-state index contributed by atoms with van der Waals surface area (Å²) < 4.78 is 0.645. The fourth-order valence-corrected chi connectivity index (χ4v) is 1.59. The van der Waals surface area contributed by atoms with Crippen molar-refractivity contribution in [2.24, 2.45) is 0 Å². The van der Waals surface area contributed by atoms with Gasteiger partial charge in [-0.05, 0) is 35.3 Å². The van der Waals surface area contributed by atoms with Crippen molar-refractivity contribution in [2.45, 2.75) is 19.4 Å². The molecule has 0 aliphatic heterocycles. The first-order valence-electron chi connectivity index (χ1n) is 4.81. The second kappa shape index (κ2) is 5.65. The molecule has 0 saturated heterocycles. The number of carboxylic acid groups (broad SMARTS) is 1. The summed E-state index contributed by atoms with van der Waals surface area (Å²) in [5, 5.41) is 12.0. The molecule has 0 fully saturated rings. The van der Waals surface area contributed by atoms with E-state index in [0.29, 0.717) is 10.3 Å². The summed E-state index contributed by atoms with van der Waals surface area (Å²) in [6.45, 7) is 5.57. The second-order valence-electron chi connectivity index (χ2n) is 3.42. The van der Waals surface area contributed by atoms with Crippen molar-refractivity contribution in [1.29, 1.82) is 0 Å². The Morgan fingerprint density at radius 2 is 2.50 bits per heavy atom. The third-order valence-corrected chi connectivity index (χ3v) is 2.42. The number of carboxylic acids is 1. The molecule has 1 rings (SSSR count). The Labute approximate surface area is 103 Å². The lowest BCUT2D eigenvalue weighted by molar-refractivity contribution is 0.0697. The number of hydrogen-bond acceptors (Lipinski definition) is 3. The van der Waals surface area contributed by atoms with Crippen LogP contribution in [0.25, 0.3) is 0 Å². The van der Waals surface area contributed by atoms with Gasteiger partial charge in [-0.1, -0.05) is 6.08 Å². The summed E-state index contributed by atoms with van der Waals surface area (Å²) in [5.41, 5.74) is 0.158. The summed E-state index contributed by atoms with van der Waals surface area (Å²) in [5.74, 6) is -0.618. The van der Waals surface area contributed by atoms with Gasteiger partial charge in [0.25, 0.3) is 0 Å². The van der Waals surface area contributed by atoms with Crippen LogP contribution in [0.4, 0.5) is 5.82 Å². The van der Waals surface area contributed by atoms with E-state index in [4.69, 9.17) is 5.11 Å². The predicted molar refractivity (Wildman–Crippen MR) is 66.8 cm³/mol. The molecular formula is C11H13BrN2O2. The van der Waals surface area contributed by atoms with E-state index < -0.39 is 5.97 Å². The number of carbonyl (C=O) groups is 1. The molecule has 1 aromatic heterocycles. The largest absolute Gasteiger partial charge is 0.478 e. The Morgan fingerprint density at radius 3 is 3.06 bits per heavy atom. The molecule has 0 radical (unpaired) electrons. The van der Waals surface area contributed by atoms with Crippen molar-refractivity contribution in [2.75, 3.05) is 5.32 Å². The van der Waals surface area contributed by atoms with Crippen LogP contribution in [0.3, 0.4) is 0 Å². The second-order valence-corrected chi connectivity index (χ2v) is 4.34. The third-order valence-electron chi connectivity index (χ3n) is 1.99. The van der Waals surface area contributed by atoms with E-state index in [2.05, 4.69) is 32.8 Å². The number of nitrogens with zero attached hydrogens (tertiary/aromatic N) is 1. The molecule has 0 bridgehead atoms. The molecule has 1 heterocycles. The molecule has 0 aromatic carbocycles. The van der Waals surface area contributed by atoms with Crippen LogP contribution in [-0.2, 0) is 0 Å². The Bertz CT molecular complexity index is 407. The van der Waals surface area contributed by atoms with Gasteiger partial charge >= 0.3 is 5.97 Å². The summed E-state index contributed by atoms with van der Waals surface area (Å²) in [6.07, 6.45) is 4.09. The van der Waals surface area contributed by atoms with Gasteiger partial charge < -0.3 is 10.4 Å². The lowest BCUT2D eigenvalue weighted by Crippen LogP contribution is -2.17. The third kappa shape index (κ3) is 3.34. The van der Waals surface area contributed by atoms with Gasteiger partial charge in [0.15, 0.2) is 0 Å². The zero-order valence-corrected chi connectivity index (χ0v) is 10.5. The first-order valence-corrected chi connectivity index (χ1v) is 5.60. The van der Waals surface area contributed by atoms with Crippen molar-refractivity contribution in [3.63, 3.8) is 0 Å². The molecule has 4 nitrogen and oxygen atoms in total. The van der Waals surface area contributed by atoms with Crippen molar-refractivity contribution >= 4 is 27.7 Å². The average molecular weight is 285 g/mol. The molecule has 0 aliphatic carbocycles. The highest BCUT2D eigenvalue weighted by molar-refractivity contribution is 9.10. The van der Waals surface area contributed by atoms with E-state index in [-0.39, 0.29) is 11.6 Å². The predicted octanol–water partition coefficient (Wildman–Crippen LogP) is 2.92. The normalized spacial score (nSPS) is 11.9. The number of aromatic nitrogens is 1. The van der Waals surface area contributed by atoms with Crippen LogP contribution in [0.2, 0.25) is 0 Å². The molecule has 1 atom stereocenters. The van der Waals surface area contributed by atoms with E-state index in [1.165, 1.54) is 6.07 Å². The minimum absolute atomic E-state index is 0.101. The first kappa shape index (κ1) is 12.7. The lowest BCUT2D eigenvalue weighted by Gasteiger charge is -2.14. The summed E-state index contributed by atoms with van der Waals surface area (Å²) in [7, 11) is 0. The maximum absolute atomic E-state index is 11.0. The topological polar surface area (TPSA) is 62.2 Å². The highest BCUT2D eigenvalue weighted by atomic mass is 79.9. The van der Waals surface area contributed by atoms with E-state index >= 15 is 0 Å². The van der Waals surface area contributed by atoms with Gasteiger partial charge in [0.05, 0.1) is 0 Å². The van der Waals surface area contributed by atoms with Crippen LogP contribution in [0.5, 0.6) is 0 Å². The molecule has 86 valence electrons. The zero-order chi connectivity index (χ0) is 12.1. The van der Waals surface area contributed by atoms with Crippen LogP contribution in [-0.4, -0.2) is 22.1 Å². The van der Waals surface area contributed by atoms with Gasteiger partial charge in [0.2, 0.25) is 0 Å². The maximum Gasteiger partial charge on any atom is 0.339 e. The van der Waals surface area contributed by atoms with Crippen molar-refractivity contribution in [3.8, 4) is 0 Å². The summed E-state index contributed by atoms with van der Waals surface area (Å²) in [6, 6.07) is 1.63. The van der Waals surface area contributed by atoms with Gasteiger partial charge in [-0.2, -0.15) is 0 Å². The molecule has 0 saturated carbocycles. The van der Waals surface area contributed by atoms with Gasteiger partial charge in [-0.25, -0.2) is 9.78 Å². The van der Waals surface area contributed by atoms with Gasteiger partial charge in [0, 0.05) is 16.7 Å². The molecular weight excluding hydrogens is 272 g/mol. The van der Waals surface area contributed by atoms with Crippen molar-refractivity contribution in [1.82, 2.24) is 4.98 Å². The number of rotatable bonds is 5. The Hall–Kier alpha value is -1.36. The van der Waals surface area contributed by atoms with E-state index in [9.17, 15) is 4.79 Å². The fourth-order valence-electron chi connectivity index (χ4n) is 1.26. The SMILES string of the molecule is C=CCC(C)Nc1ncc(Br)cc1C(=O)O.